The molecule has 0 spiro atoms. The van der Waals surface area contributed by atoms with E-state index in [4.69, 9.17) is 5.84 Å². The average molecular weight is 266 g/mol. The summed E-state index contributed by atoms with van der Waals surface area (Å²) in [5.41, 5.74) is 3.61. The molecule has 0 atom stereocenters. The van der Waals surface area contributed by atoms with Gasteiger partial charge in [-0.2, -0.15) is 0 Å². The van der Waals surface area contributed by atoms with Crippen molar-refractivity contribution in [2.45, 2.75) is 39.7 Å². The minimum atomic E-state index is 0.0417. The van der Waals surface area contributed by atoms with Crippen LogP contribution in [0.2, 0.25) is 0 Å². The van der Waals surface area contributed by atoms with Crippen molar-refractivity contribution in [3.05, 3.63) is 11.4 Å². The molecule has 19 heavy (non-hydrogen) atoms. The van der Waals surface area contributed by atoms with E-state index in [0.29, 0.717) is 5.82 Å². The van der Waals surface area contributed by atoms with Crippen LogP contribution >= 0.6 is 0 Å². The van der Waals surface area contributed by atoms with E-state index >= 15 is 0 Å². The van der Waals surface area contributed by atoms with E-state index in [1.165, 1.54) is 0 Å². The van der Waals surface area contributed by atoms with E-state index < -0.39 is 0 Å². The summed E-state index contributed by atoms with van der Waals surface area (Å²) >= 11 is 0. The van der Waals surface area contributed by atoms with Gasteiger partial charge in [0.15, 0.2) is 0 Å². The van der Waals surface area contributed by atoms with E-state index in [0.717, 1.165) is 30.2 Å². The van der Waals surface area contributed by atoms with Crippen LogP contribution in [-0.2, 0) is 6.42 Å². The predicted molar refractivity (Wildman–Crippen MR) is 80.2 cm³/mol. The van der Waals surface area contributed by atoms with Gasteiger partial charge in [0.25, 0.3) is 0 Å². The lowest BCUT2D eigenvalue weighted by Gasteiger charge is -2.33. The first-order valence-corrected chi connectivity index (χ1v) is 6.57. The molecule has 1 heterocycles. The standard InChI is InChI=1S/C13H26N6/c1-7-10-16-11(9(2)12(17-10)18-14)15-8-13(3,4)19(5)6/h7-8,14H2,1-6H3,(H2,15,16,17,18). The van der Waals surface area contributed by atoms with Crippen LogP contribution in [0.1, 0.15) is 32.2 Å². The second kappa shape index (κ2) is 6.16. The van der Waals surface area contributed by atoms with Crippen LogP contribution in [0.5, 0.6) is 0 Å². The third-order valence-electron chi connectivity index (χ3n) is 3.54. The minimum Gasteiger partial charge on any atom is -0.368 e. The maximum Gasteiger partial charge on any atom is 0.148 e. The molecule has 0 aliphatic heterocycles. The molecule has 0 unspecified atom stereocenters. The van der Waals surface area contributed by atoms with Gasteiger partial charge in [0.05, 0.1) is 0 Å². The molecule has 0 amide bonds. The Morgan fingerprint density at radius 1 is 1.21 bits per heavy atom. The van der Waals surface area contributed by atoms with Crippen molar-refractivity contribution in [1.29, 1.82) is 0 Å². The molecule has 108 valence electrons. The monoisotopic (exact) mass is 266 g/mol. The van der Waals surface area contributed by atoms with Gasteiger partial charge in [0, 0.05) is 24.1 Å². The van der Waals surface area contributed by atoms with Gasteiger partial charge in [-0.05, 0) is 34.9 Å². The maximum atomic E-state index is 5.50. The summed E-state index contributed by atoms with van der Waals surface area (Å²) in [7, 11) is 4.14. The zero-order valence-electron chi connectivity index (χ0n) is 12.8. The van der Waals surface area contributed by atoms with E-state index in [-0.39, 0.29) is 5.54 Å². The van der Waals surface area contributed by atoms with Gasteiger partial charge in [-0.1, -0.05) is 6.92 Å². The number of anilines is 2. The number of hydrogen-bond acceptors (Lipinski definition) is 6. The van der Waals surface area contributed by atoms with Crippen molar-refractivity contribution in [1.82, 2.24) is 14.9 Å². The number of rotatable bonds is 6. The third kappa shape index (κ3) is 3.78. The topological polar surface area (TPSA) is 79.1 Å². The first kappa shape index (κ1) is 15.7. The molecule has 0 aliphatic carbocycles. The van der Waals surface area contributed by atoms with E-state index in [1.54, 1.807) is 0 Å². The lowest BCUT2D eigenvalue weighted by molar-refractivity contribution is 0.210. The Bertz CT molecular complexity index is 427. The smallest absolute Gasteiger partial charge is 0.148 e. The Hall–Kier alpha value is -1.40. The first-order chi connectivity index (χ1) is 8.81. The number of nitrogens with zero attached hydrogens (tertiary/aromatic N) is 3. The molecule has 1 rings (SSSR count). The highest BCUT2D eigenvalue weighted by atomic mass is 15.3. The SMILES string of the molecule is CCc1nc(NN)c(C)c(NCC(C)(C)N(C)C)n1. The molecular weight excluding hydrogens is 240 g/mol. The third-order valence-corrected chi connectivity index (χ3v) is 3.54. The molecule has 1 aromatic rings. The molecule has 0 aromatic carbocycles. The first-order valence-electron chi connectivity index (χ1n) is 6.57. The fraction of sp³-hybridized carbons (Fsp3) is 0.692. The summed E-state index contributed by atoms with van der Waals surface area (Å²) in [5, 5.41) is 3.40. The van der Waals surface area contributed by atoms with Gasteiger partial charge in [0.2, 0.25) is 0 Å². The highest BCUT2D eigenvalue weighted by molar-refractivity contribution is 5.56. The zero-order chi connectivity index (χ0) is 14.6. The number of nitrogen functional groups attached to an aromatic ring is 1. The molecular formula is C13H26N6. The van der Waals surface area contributed by atoms with Crippen molar-refractivity contribution in [2.24, 2.45) is 5.84 Å². The summed E-state index contributed by atoms with van der Waals surface area (Å²) in [5.74, 6) is 7.80. The molecule has 0 bridgehead atoms. The fourth-order valence-corrected chi connectivity index (χ4v) is 1.49. The van der Waals surface area contributed by atoms with Crippen LogP contribution < -0.4 is 16.6 Å². The second-order valence-corrected chi connectivity index (χ2v) is 5.52. The number of aromatic nitrogens is 2. The summed E-state index contributed by atoms with van der Waals surface area (Å²) in [6, 6.07) is 0. The van der Waals surface area contributed by atoms with E-state index in [9.17, 15) is 0 Å². The molecule has 0 saturated heterocycles. The number of nitrogens with one attached hydrogen (secondary N) is 2. The van der Waals surface area contributed by atoms with Crippen LogP contribution in [-0.4, -0.2) is 41.0 Å². The second-order valence-electron chi connectivity index (χ2n) is 5.52. The lowest BCUT2D eigenvalue weighted by atomic mass is 10.0. The molecule has 4 N–H and O–H groups in total. The molecule has 6 heteroatoms. The Labute approximate surface area is 115 Å². The van der Waals surface area contributed by atoms with Crippen LogP contribution in [0.4, 0.5) is 11.6 Å². The highest BCUT2D eigenvalue weighted by Gasteiger charge is 2.21. The number of aryl methyl sites for hydroxylation is 1. The van der Waals surface area contributed by atoms with E-state index in [1.807, 2.05) is 13.8 Å². The average Bonchev–Trinajstić information content (AvgIpc) is 2.37. The molecule has 6 nitrogen and oxygen atoms in total. The number of hydrazine groups is 1. The van der Waals surface area contributed by atoms with Crippen molar-refractivity contribution in [3.8, 4) is 0 Å². The normalized spacial score (nSPS) is 11.8. The van der Waals surface area contributed by atoms with Gasteiger partial charge in [0.1, 0.15) is 17.5 Å². The highest BCUT2D eigenvalue weighted by Crippen LogP contribution is 2.20. The molecule has 0 saturated carbocycles. The Balaban J connectivity index is 2.94. The molecule has 0 radical (unpaired) electrons. The number of nitrogens with two attached hydrogens (primary N) is 1. The van der Waals surface area contributed by atoms with Crippen LogP contribution in [0.3, 0.4) is 0 Å². The molecule has 1 aromatic heterocycles. The summed E-state index contributed by atoms with van der Waals surface area (Å²) in [6.07, 6.45) is 0.778. The van der Waals surface area contributed by atoms with Crippen molar-refractivity contribution < 1.29 is 0 Å². The van der Waals surface area contributed by atoms with Crippen molar-refractivity contribution >= 4 is 11.6 Å². The predicted octanol–water partition coefficient (Wildman–Crippen LogP) is 1.39. The van der Waals surface area contributed by atoms with Gasteiger partial charge in [-0.25, -0.2) is 15.8 Å². The summed E-state index contributed by atoms with van der Waals surface area (Å²) in [4.78, 5) is 11.1. The summed E-state index contributed by atoms with van der Waals surface area (Å²) < 4.78 is 0. The largest absolute Gasteiger partial charge is 0.368 e. The quantitative estimate of drug-likeness (QED) is 0.533. The Morgan fingerprint density at radius 3 is 2.26 bits per heavy atom. The summed E-state index contributed by atoms with van der Waals surface area (Å²) in [6.45, 7) is 9.14. The van der Waals surface area contributed by atoms with Gasteiger partial charge in [-0.15, -0.1) is 0 Å². The number of likely N-dealkylation sites (N-methyl/N-ethyl adjacent to an activating group) is 1. The lowest BCUT2D eigenvalue weighted by Crippen LogP contribution is -2.44. The van der Waals surface area contributed by atoms with Crippen LogP contribution in [0, 0.1) is 6.92 Å². The Kier molecular flexibility index (Phi) is 5.08. The van der Waals surface area contributed by atoms with Crippen molar-refractivity contribution in [3.63, 3.8) is 0 Å². The van der Waals surface area contributed by atoms with E-state index in [2.05, 4.69) is 53.6 Å². The number of hydrogen-bond donors (Lipinski definition) is 3. The maximum absolute atomic E-state index is 5.50. The van der Waals surface area contributed by atoms with Gasteiger partial charge < -0.3 is 15.6 Å². The van der Waals surface area contributed by atoms with Crippen LogP contribution in [0.25, 0.3) is 0 Å². The fourth-order valence-electron chi connectivity index (χ4n) is 1.49. The zero-order valence-corrected chi connectivity index (χ0v) is 12.8. The molecule has 0 fully saturated rings. The van der Waals surface area contributed by atoms with Gasteiger partial charge in [-0.3, -0.25) is 0 Å². The minimum absolute atomic E-state index is 0.0417. The van der Waals surface area contributed by atoms with Crippen LogP contribution in [0.15, 0.2) is 0 Å². The molecule has 0 aliphatic rings. The Morgan fingerprint density at radius 2 is 1.79 bits per heavy atom. The van der Waals surface area contributed by atoms with Gasteiger partial charge >= 0.3 is 0 Å². The van der Waals surface area contributed by atoms with Crippen molar-refractivity contribution in [2.75, 3.05) is 31.4 Å².